The van der Waals surface area contributed by atoms with Crippen LogP contribution >= 0.6 is 11.6 Å². The number of barbiturate groups is 1. The second kappa shape index (κ2) is 10.1. The Morgan fingerprint density at radius 1 is 0.973 bits per heavy atom. The van der Waals surface area contributed by atoms with Crippen molar-refractivity contribution in [2.45, 2.75) is 18.7 Å². The Balaban J connectivity index is 1.78. The molecule has 11 heteroatoms. The summed E-state index contributed by atoms with van der Waals surface area (Å²) in [6.07, 6.45) is 1.15. The Morgan fingerprint density at radius 2 is 1.68 bits per heavy atom. The fraction of sp³-hybridized carbons (Fsp3) is 0.115. The van der Waals surface area contributed by atoms with Crippen molar-refractivity contribution in [3.05, 3.63) is 87.9 Å². The van der Waals surface area contributed by atoms with Crippen molar-refractivity contribution in [2.75, 3.05) is 12.0 Å². The molecule has 1 saturated heterocycles. The van der Waals surface area contributed by atoms with Crippen LogP contribution in [0.5, 0.6) is 11.5 Å². The van der Waals surface area contributed by atoms with E-state index in [-0.39, 0.29) is 27.6 Å². The van der Waals surface area contributed by atoms with Gasteiger partial charge >= 0.3 is 16.1 Å². The molecule has 1 heterocycles. The molecule has 1 aliphatic rings. The molecule has 0 aromatic heterocycles. The number of aryl methyl sites for hydroxylation is 1. The van der Waals surface area contributed by atoms with E-state index < -0.39 is 33.5 Å². The van der Waals surface area contributed by atoms with Crippen molar-refractivity contribution >= 4 is 51.3 Å². The number of halogens is 1. The lowest BCUT2D eigenvalue weighted by molar-refractivity contribution is -0.122. The molecule has 0 atom stereocenters. The third kappa shape index (κ3) is 5.20. The number of nitrogens with one attached hydrogen (secondary N) is 1. The van der Waals surface area contributed by atoms with Gasteiger partial charge in [0.15, 0.2) is 5.75 Å². The first-order valence-corrected chi connectivity index (χ1v) is 12.7. The Hall–Kier alpha value is -4.15. The number of rotatable bonds is 6. The second-order valence-electron chi connectivity index (χ2n) is 8.10. The number of imide groups is 2. The van der Waals surface area contributed by atoms with Gasteiger partial charge in [0.1, 0.15) is 16.2 Å². The number of benzene rings is 3. The summed E-state index contributed by atoms with van der Waals surface area (Å²) in [6, 6.07) is 14.0. The van der Waals surface area contributed by atoms with Crippen LogP contribution in [0.15, 0.2) is 71.1 Å². The zero-order chi connectivity index (χ0) is 26.9. The number of amides is 4. The van der Waals surface area contributed by atoms with Crippen molar-refractivity contribution in [2.24, 2.45) is 0 Å². The molecular weight excluding hydrogens is 520 g/mol. The van der Waals surface area contributed by atoms with Gasteiger partial charge in [-0.05, 0) is 61.9 Å². The maximum absolute atomic E-state index is 13.3. The highest BCUT2D eigenvalue weighted by Crippen LogP contribution is 2.32. The largest absolute Gasteiger partial charge is 0.497 e. The minimum Gasteiger partial charge on any atom is -0.497 e. The molecule has 0 radical (unpaired) electrons. The highest BCUT2D eigenvalue weighted by Gasteiger charge is 2.38. The summed E-state index contributed by atoms with van der Waals surface area (Å²) in [5.41, 5.74) is 1.19. The molecule has 190 valence electrons. The maximum atomic E-state index is 13.3. The van der Waals surface area contributed by atoms with E-state index in [9.17, 15) is 22.8 Å². The fourth-order valence-electron chi connectivity index (χ4n) is 3.57. The summed E-state index contributed by atoms with van der Waals surface area (Å²) >= 11 is 6.16. The zero-order valence-corrected chi connectivity index (χ0v) is 21.5. The van der Waals surface area contributed by atoms with Gasteiger partial charge in [-0.1, -0.05) is 35.4 Å². The van der Waals surface area contributed by atoms with Crippen LogP contribution in [0.1, 0.15) is 16.7 Å². The molecule has 1 N–H and O–H groups in total. The lowest BCUT2D eigenvalue weighted by atomic mass is 10.0. The first-order valence-electron chi connectivity index (χ1n) is 10.9. The SMILES string of the molecule is COc1ccc(/C=C2\C(=O)NC(=O)N(c3cccc(Cl)c3C)C2=O)c(OS(=O)(=O)c2ccc(C)cc2)c1. The molecule has 0 spiro atoms. The smallest absolute Gasteiger partial charge is 0.339 e. The molecule has 0 saturated carbocycles. The van der Waals surface area contributed by atoms with E-state index in [4.69, 9.17) is 20.5 Å². The Labute approximate surface area is 218 Å². The van der Waals surface area contributed by atoms with E-state index in [2.05, 4.69) is 5.32 Å². The predicted molar refractivity (Wildman–Crippen MR) is 137 cm³/mol. The maximum Gasteiger partial charge on any atom is 0.339 e. The summed E-state index contributed by atoms with van der Waals surface area (Å²) in [6.45, 7) is 3.44. The molecule has 0 aliphatic carbocycles. The number of ether oxygens (including phenoxy) is 1. The summed E-state index contributed by atoms with van der Waals surface area (Å²) in [4.78, 5) is 39.3. The van der Waals surface area contributed by atoms with Crippen LogP contribution < -0.4 is 19.1 Å². The van der Waals surface area contributed by atoms with Gasteiger partial charge in [-0.15, -0.1) is 0 Å². The number of nitrogens with zero attached hydrogens (tertiary/aromatic N) is 1. The summed E-state index contributed by atoms with van der Waals surface area (Å²) in [5.74, 6) is -1.77. The molecule has 4 rings (SSSR count). The molecular formula is C26H21ClN2O7S. The van der Waals surface area contributed by atoms with E-state index in [0.717, 1.165) is 16.5 Å². The second-order valence-corrected chi connectivity index (χ2v) is 10.0. The van der Waals surface area contributed by atoms with Gasteiger partial charge in [0.2, 0.25) is 0 Å². The highest BCUT2D eigenvalue weighted by atomic mass is 35.5. The van der Waals surface area contributed by atoms with E-state index in [1.807, 2.05) is 6.92 Å². The lowest BCUT2D eigenvalue weighted by Gasteiger charge is -2.27. The summed E-state index contributed by atoms with van der Waals surface area (Å²) < 4.78 is 36.5. The van der Waals surface area contributed by atoms with Crippen LogP contribution in [-0.4, -0.2) is 33.4 Å². The summed E-state index contributed by atoms with van der Waals surface area (Å²) in [5, 5.41) is 2.46. The van der Waals surface area contributed by atoms with Gasteiger partial charge < -0.3 is 8.92 Å². The Morgan fingerprint density at radius 3 is 2.35 bits per heavy atom. The fourth-order valence-corrected chi connectivity index (χ4v) is 4.69. The summed E-state index contributed by atoms with van der Waals surface area (Å²) in [7, 11) is -2.88. The monoisotopic (exact) mass is 540 g/mol. The van der Waals surface area contributed by atoms with Crippen molar-refractivity contribution in [3.63, 3.8) is 0 Å². The standard InChI is InChI=1S/C26H21ClN2O7S/c1-15-7-11-19(12-8-15)37(33,34)36-23-14-18(35-3)10-9-17(23)13-20-24(30)28-26(32)29(25(20)31)22-6-4-5-21(27)16(22)2/h4-14H,1-3H3,(H,28,30,32)/b20-13+. The zero-order valence-electron chi connectivity index (χ0n) is 19.9. The molecule has 3 aromatic carbocycles. The van der Waals surface area contributed by atoms with Crippen LogP contribution in [0.25, 0.3) is 6.08 Å². The first kappa shape index (κ1) is 25.9. The number of carbonyl (C=O) groups excluding carboxylic acids is 3. The number of urea groups is 1. The number of anilines is 1. The van der Waals surface area contributed by atoms with E-state index in [0.29, 0.717) is 10.6 Å². The highest BCUT2D eigenvalue weighted by molar-refractivity contribution is 7.87. The van der Waals surface area contributed by atoms with Crippen LogP contribution in [0.4, 0.5) is 10.5 Å². The van der Waals surface area contributed by atoms with Gasteiger partial charge in [0.25, 0.3) is 11.8 Å². The van der Waals surface area contributed by atoms with Crippen molar-refractivity contribution in [1.29, 1.82) is 0 Å². The molecule has 1 fully saturated rings. The third-order valence-corrected chi connectivity index (χ3v) is 7.27. The molecule has 0 bridgehead atoms. The Bertz CT molecular complexity index is 1560. The van der Waals surface area contributed by atoms with Crippen LogP contribution in [0, 0.1) is 13.8 Å². The average molecular weight is 541 g/mol. The number of hydrogen-bond donors (Lipinski definition) is 1. The number of hydrogen-bond acceptors (Lipinski definition) is 7. The predicted octanol–water partition coefficient (Wildman–Crippen LogP) is 4.40. The molecule has 4 amide bonds. The quantitative estimate of drug-likeness (QED) is 0.279. The van der Waals surface area contributed by atoms with Crippen molar-refractivity contribution < 1.29 is 31.7 Å². The molecule has 0 unspecified atom stereocenters. The molecule has 3 aromatic rings. The number of carbonyl (C=O) groups is 3. The normalized spacial score (nSPS) is 15.1. The van der Waals surface area contributed by atoms with Gasteiger partial charge in [0, 0.05) is 16.7 Å². The van der Waals surface area contributed by atoms with Gasteiger partial charge in [-0.3, -0.25) is 14.9 Å². The van der Waals surface area contributed by atoms with Gasteiger partial charge in [-0.25, -0.2) is 9.69 Å². The number of methoxy groups -OCH3 is 1. The van der Waals surface area contributed by atoms with Crippen LogP contribution in [0.3, 0.4) is 0 Å². The molecule has 37 heavy (non-hydrogen) atoms. The Kier molecular flexibility index (Phi) is 7.06. The van der Waals surface area contributed by atoms with E-state index in [1.54, 1.807) is 31.2 Å². The van der Waals surface area contributed by atoms with Crippen molar-refractivity contribution in [1.82, 2.24) is 5.32 Å². The van der Waals surface area contributed by atoms with E-state index in [1.165, 1.54) is 43.5 Å². The minimum atomic E-state index is -4.27. The van der Waals surface area contributed by atoms with Crippen molar-refractivity contribution in [3.8, 4) is 11.5 Å². The van der Waals surface area contributed by atoms with Gasteiger partial charge in [0.05, 0.1) is 12.8 Å². The first-order chi connectivity index (χ1) is 17.5. The van der Waals surface area contributed by atoms with Crippen LogP contribution in [-0.2, 0) is 19.7 Å². The molecule has 9 nitrogen and oxygen atoms in total. The van der Waals surface area contributed by atoms with Gasteiger partial charge in [-0.2, -0.15) is 8.42 Å². The topological polar surface area (TPSA) is 119 Å². The minimum absolute atomic E-state index is 0.0841. The van der Waals surface area contributed by atoms with Crippen LogP contribution in [0.2, 0.25) is 5.02 Å². The average Bonchev–Trinajstić information content (AvgIpc) is 2.85. The van der Waals surface area contributed by atoms with E-state index >= 15 is 0 Å². The third-order valence-electron chi connectivity index (χ3n) is 5.61. The molecule has 1 aliphatic heterocycles. The lowest BCUT2D eigenvalue weighted by Crippen LogP contribution is -2.54.